The summed E-state index contributed by atoms with van der Waals surface area (Å²) >= 11 is 0. The molecule has 0 saturated heterocycles. The molecule has 0 amide bonds. The average molecular weight is 406 g/mol. The molecule has 1 aromatic carbocycles. The number of halogens is 1. The van der Waals surface area contributed by atoms with Crippen molar-refractivity contribution in [2.75, 3.05) is 11.9 Å². The van der Waals surface area contributed by atoms with Gasteiger partial charge >= 0.3 is 0 Å². The van der Waals surface area contributed by atoms with E-state index in [-0.39, 0.29) is 12.2 Å². The monoisotopic (exact) mass is 406 g/mol. The Morgan fingerprint density at radius 1 is 1.17 bits per heavy atom. The van der Waals surface area contributed by atoms with Gasteiger partial charge in [0.1, 0.15) is 11.6 Å². The predicted molar refractivity (Wildman–Crippen MR) is 110 cm³/mol. The summed E-state index contributed by atoms with van der Waals surface area (Å²) in [5.74, 6) is 0.668. The highest BCUT2D eigenvalue weighted by Crippen LogP contribution is 2.21. The molecule has 1 atom stereocenters. The van der Waals surface area contributed by atoms with Crippen LogP contribution in [0.2, 0.25) is 0 Å². The lowest BCUT2D eigenvalue weighted by atomic mass is 10.1. The van der Waals surface area contributed by atoms with Crippen molar-refractivity contribution < 1.29 is 9.50 Å². The second kappa shape index (κ2) is 8.26. The summed E-state index contributed by atoms with van der Waals surface area (Å²) < 4.78 is 16.6. The molecule has 0 aliphatic heterocycles. The van der Waals surface area contributed by atoms with Gasteiger partial charge in [0.2, 0.25) is 5.95 Å². The Kier molecular flexibility index (Phi) is 5.36. The summed E-state index contributed by atoms with van der Waals surface area (Å²) in [5, 5.41) is 16.9. The fraction of sp³-hybridized carbons (Fsp3) is 0.143. The van der Waals surface area contributed by atoms with Crippen LogP contribution in [-0.2, 0) is 7.05 Å². The third kappa shape index (κ3) is 3.96. The number of rotatable bonds is 6. The number of nitrogens with zero attached hydrogens (tertiary/aromatic N) is 5. The van der Waals surface area contributed by atoms with E-state index in [1.807, 2.05) is 0 Å². The van der Waals surface area contributed by atoms with E-state index in [0.717, 1.165) is 5.82 Å². The third-order valence-electron chi connectivity index (χ3n) is 4.70. The minimum Gasteiger partial charge on any atom is -0.394 e. The molecule has 0 spiro atoms. The van der Waals surface area contributed by atoms with Crippen molar-refractivity contribution in [1.29, 1.82) is 0 Å². The van der Waals surface area contributed by atoms with E-state index < -0.39 is 11.9 Å². The third-order valence-corrected chi connectivity index (χ3v) is 4.70. The number of pyridine rings is 1. The number of aromatic nitrogens is 5. The van der Waals surface area contributed by atoms with Crippen LogP contribution in [0, 0.1) is 5.82 Å². The molecule has 8 nitrogen and oxygen atoms in total. The van der Waals surface area contributed by atoms with Crippen LogP contribution in [0.1, 0.15) is 11.6 Å². The standard InChI is InChI=1S/C21H19FN6O2/c1-27-19(6-9-24-27)26-21-23-8-5-17(25-21)14-7-10-28(20(30)12-14)18(13-29)15-3-2-4-16(22)11-15/h2-12,18,29H,13H2,1H3,(H,23,25,26)/t18-/m1/s1. The number of aliphatic hydroxyl groups excluding tert-OH is 1. The molecule has 0 aliphatic rings. The zero-order valence-electron chi connectivity index (χ0n) is 16.1. The minimum absolute atomic E-state index is 0.337. The van der Waals surface area contributed by atoms with Gasteiger partial charge in [0.05, 0.1) is 24.5 Å². The largest absolute Gasteiger partial charge is 0.394 e. The number of nitrogens with one attached hydrogen (secondary N) is 1. The summed E-state index contributed by atoms with van der Waals surface area (Å²) in [6.45, 7) is -0.338. The zero-order valence-corrected chi connectivity index (χ0v) is 16.1. The van der Waals surface area contributed by atoms with Crippen LogP contribution in [0.5, 0.6) is 0 Å². The fourth-order valence-electron chi connectivity index (χ4n) is 3.17. The van der Waals surface area contributed by atoms with E-state index in [4.69, 9.17) is 0 Å². The molecule has 0 unspecified atom stereocenters. The van der Waals surface area contributed by atoms with Crippen LogP contribution in [0.15, 0.2) is 71.9 Å². The summed E-state index contributed by atoms with van der Waals surface area (Å²) in [4.78, 5) is 21.4. The first-order valence-corrected chi connectivity index (χ1v) is 9.22. The summed E-state index contributed by atoms with van der Waals surface area (Å²) in [5.41, 5.74) is 1.33. The molecule has 3 aromatic heterocycles. The van der Waals surface area contributed by atoms with Gasteiger partial charge in [-0.2, -0.15) is 5.10 Å². The van der Waals surface area contributed by atoms with Gasteiger partial charge in [-0.15, -0.1) is 0 Å². The molecule has 30 heavy (non-hydrogen) atoms. The van der Waals surface area contributed by atoms with E-state index in [0.29, 0.717) is 22.8 Å². The van der Waals surface area contributed by atoms with Gasteiger partial charge in [-0.1, -0.05) is 12.1 Å². The number of anilines is 2. The van der Waals surface area contributed by atoms with Crippen LogP contribution in [0.25, 0.3) is 11.3 Å². The molecule has 0 aliphatic carbocycles. The summed E-state index contributed by atoms with van der Waals surface area (Å²) in [6, 6.07) is 11.8. The Balaban J connectivity index is 1.64. The van der Waals surface area contributed by atoms with Gasteiger partial charge in [0.25, 0.3) is 5.56 Å². The SMILES string of the molecule is Cn1nccc1Nc1nccc(-c2ccn([C@H](CO)c3cccc(F)c3)c(=O)c2)n1. The first kappa shape index (κ1) is 19.5. The fourth-order valence-corrected chi connectivity index (χ4v) is 3.17. The van der Waals surface area contributed by atoms with Crippen molar-refractivity contribution in [3.8, 4) is 11.3 Å². The minimum atomic E-state index is -0.685. The number of hydrogen-bond acceptors (Lipinski definition) is 6. The number of aliphatic hydroxyl groups is 1. The van der Waals surface area contributed by atoms with E-state index in [1.54, 1.807) is 60.7 Å². The average Bonchev–Trinajstić information content (AvgIpc) is 3.14. The van der Waals surface area contributed by atoms with Crippen LogP contribution in [-0.4, -0.2) is 36.0 Å². The topological polar surface area (TPSA) is 97.9 Å². The molecule has 4 rings (SSSR count). The van der Waals surface area contributed by atoms with Gasteiger partial charge in [-0.05, 0) is 29.8 Å². The van der Waals surface area contributed by atoms with Crippen molar-refractivity contribution >= 4 is 11.8 Å². The van der Waals surface area contributed by atoms with Gasteiger partial charge in [-0.3, -0.25) is 9.48 Å². The Bertz CT molecular complexity index is 1240. The van der Waals surface area contributed by atoms with Crippen molar-refractivity contribution in [2.24, 2.45) is 7.05 Å². The Hall–Kier alpha value is -3.85. The summed E-state index contributed by atoms with van der Waals surface area (Å²) in [6.07, 6.45) is 4.82. The molecular weight excluding hydrogens is 387 g/mol. The van der Waals surface area contributed by atoms with Crippen molar-refractivity contribution in [3.05, 3.63) is 88.9 Å². The molecule has 4 aromatic rings. The van der Waals surface area contributed by atoms with Gasteiger partial charge in [0, 0.05) is 37.1 Å². The number of benzene rings is 1. The van der Waals surface area contributed by atoms with Crippen molar-refractivity contribution in [2.45, 2.75) is 6.04 Å². The quantitative estimate of drug-likeness (QED) is 0.511. The molecular formula is C21H19FN6O2. The normalized spacial score (nSPS) is 12.0. The van der Waals surface area contributed by atoms with Crippen LogP contribution in [0.4, 0.5) is 16.2 Å². The number of hydrogen-bond donors (Lipinski definition) is 2. The van der Waals surface area contributed by atoms with Gasteiger partial charge < -0.3 is 15.0 Å². The smallest absolute Gasteiger partial charge is 0.251 e. The Morgan fingerprint density at radius 2 is 2.03 bits per heavy atom. The second-order valence-corrected chi connectivity index (χ2v) is 6.64. The van der Waals surface area contributed by atoms with Crippen LogP contribution in [0.3, 0.4) is 0 Å². The lowest BCUT2D eigenvalue weighted by Crippen LogP contribution is -2.27. The summed E-state index contributed by atoms with van der Waals surface area (Å²) in [7, 11) is 1.79. The maximum absolute atomic E-state index is 13.6. The van der Waals surface area contributed by atoms with E-state index in [1.165, 1.54) is 22.8 Å². The molecule has 152 valence electrons. The highest BCUT2D eigenvalue weighted by atomic mass is 19.1. The molecule has 3 heterocycles. The zero-order chi connectivity index (χ0) is 21.1. The van der Waals surface area contributed by atoms with Crippen LogP contribution < -0.4 is 10.9 Å². The van der Waals surface area contributed by atoms with Crippen molar-refractivity contribution in [1.82, 2.24) is 24.3 Å². The Labute approximate surface area is 171 Å². The van der Waals surface area contributed by atoms with Gasteiger partial charge in [0.15, 0.2) is 0 Å². The molecule has 0 fully saturated rings. The lowest BCUT2D eigenvalue weighted by molar-refractivity contribution is 0.247. The van der Waals surface area contributed by atoms with Crippen LogP contribution >= 0.6 is 0 Å². The predicted octanol–water partition coefficient (Wildman–Crippen LogP) is 2.50. The first-order valence-electron chi connectivity index (χ1n) is 9.22. The van der Waals surface area contributed by atoms with E-state index in [2.05, 4.69) is 20.4 Å². The molecule has 0 saturated carbocycles. The molecule has 2 N–H and O–H groups in total. The van der Waals surface area contributed by atoms with Crippen molar-refractivity contribution in [3.63, 3.8) is 0 Å². The van der Waals surface area contributed by atoms with Gasteiger partial charge in [-0.25, -0.2) is 14.4 Å². The highest BCUT2D eigenvalue weighted by Gasteiger charge is 2.15. The lowest BCUT2D eigenvalue weighted by Gasteiger charge is -2.18. The molecule has 9 heteroatoms. The number of aryl methyl sites for hydroxylation is 1. The van der Waals surface area contributed by atoms with E-state index in [9.17, 15) is 14.3 Å². The molecule has 0 radical (unpaired) electrons. The molecule has 0 bridgehead atoms. The maximum Gasteiger partial charge on any atom is 0.251 e. The van der Waals surface area contributed by atoms with E-state index >= 15 is 0 Å². The highest BCUT2D eigenvalue weighted by molar-refractivity contribution is 5.60. The first-order chi connectivity index (χ1) is 14.5. The Morgan fingerprint density at radius 3 is 2.73 bits per heavy atom. The second-order valence-electron chi connectivity index (χ2n) is 6.64. The maximum atomic E-state index is 13.6.